The zero-order valence-electron chi connectivity index (χ0n) is 16.9. The van der Waals surface area contributed by atoms with Crippen molar-refractivity contribution in [3.63, 3.8) is 0 Å². The molecule has 0 bridgehead atoms. The molecule has 2 aromatic carbocycles. The third-order valence-electron chi connectivity index (χ3n) is 4.71. The van der Waals surface area contributed by atoms with Crippen molar-refractivity contribution in [3.05, 3.63) is 77.2 Å². The molecule has 0 saturated carbocycles. The highest BCUT2D eigenvalue weighted by atomic mass is 79.9. The van der Waals surface area contributed by atoms with Gasteiger partial charge in [0.25, 0.3) is 0 Å². The summed E-state index contributed by atoms with van der Waals surface area (Å²) in [6.45, 7) is 0. The van der Waals surface area contributed by atoms with Crippen molar-refractivity contribution in [2.75, 3.05) is 14.2 Å². The van der Waals surface area contributed by atoms with Crippen LogP contribution in [0.4, 0.5) is 0 Å². The Bertz CT molecular complexity index is 1320. The summed E-state index contributed by atoms with van der Waals surface area (Å²) in [5, 5.41) is 10.9. The van der Waals surface area contributed by atoms with Gasteiger partial charge >= 0.3 is 0 Å². The number of ether oxygens (including phenoxy) is 2. The topological polar surface area (TPSA) is 60.1 Å². The molecule has 31 heavy (non-hydrogen) atoms. The van der Waals surface area contributed by atoms with Crippen LogP contribution in [0.25, 0.3) is 22.7 Å². The van der Waals surface area contributed by atoms with Crippen LogP contribution in [0.2, 0.25) is 0 Å². The van der Waals surface area contributed by atoms with Gasteiger partial charge in [0.2, 0.25) is 0 Å². The molecule has 0 radical (unpaired) electrons. The molecule has 7 heteroatoms. The fourth-order valence-corrected chi connectivity index (χ4v) is 4.52. The number of fused-ring (bicyclic) bond motifs is 1. The quantitative estimate of drug-likeness (QED) is 0.288. The van der Waals surface area contributed by atoms with E-state index in [2.05, 4.69) is 27.0 Å². The summed E-state index contributed by atoms with van der Waals surface area (Å²) in [5.41, 5.74) is 2.34. The summed E-state index contributed by atoms with van der Waals surface area (Å²) in [6, 6.07) is 18.0. The number of benzene rings is 2. The standard InChI is InChI=1S/C24H18BrN3O2S/c1-29-22-6-4-20(13-23(22)30-2)31-24-7-9-27-15-17(24)12-19(14-26)28-10-8-16-11-18(25)3-5-21(16)28/h3-13,15H,1-2H3. The van der Waals surface area contributed by atoms with Crippen LogP contribution in [0, 0.1) is 11.3 Å². The number of nitriles is 1. The molecule has 0 atom stereocenters. The van der Waals surface area contributed by atoms with E-state index >= 15 is 0 Å². The largest absolute Gasteiger partial charge is 0.493 e. The van der Waals surface area contributed by atoms with Crippen molar-refractivity contribution < 1.29 is 9.47 Å². The first kappa shape index (κ1) is 21.0. The molecule has 2 heterocycles. The lowest BCUT2D eigenvalue weighted by Gasteiger charge is -2.11. The summed E-state index contributed by atoms with van der Waals surface area (Å²) in [4.78, 5) is 6.24. The molecule has 5 nitrogen and oxygen atoms in total. The number of nitrogens with zero attached hydrogens (tertiary/aromatic N) is 3. The Morgan fingerprint density at radius 2 is 1.94 bits per heavy atom. The molecule has 0 fully saturated rings. The summed E-state index contributed by atoms with van der Waals surface area (Å²) in [7, 11) is 3.23. The number of halogens is 1. The van der Waals surface area contributed by atoms with Crippen molar-refractivity contribution in [2.45, 2.75) is 9.79 Å². The van der Waals surface area contributed by atoms with E-state index in [0.29, 0.717) is 17.2 Å². The number of rotatable bonds is 6. The van der Waals surface area contributed by atoms with Gasteiger partial charge in [-0.05, 0) is 54.6 Å². The van der Waals surface area contributed by atoms with Crippen molar-refractivity contribution >= 4 is 50.4 Å². The Hall–Kier alpha value is -3.21. The average Bonchev–Trinajstić information content (AvgIpc) is 3.21. The van der Waals surface area contributed by atoms with Crippen molar-refractivity contribution in [3.8, 4) is 17.6 Å². The number of aromatic nitrogens is 2. The van der Waals surface area contributed by atoms with Crippen LogP contribution in [0.3, 0.4) is 0 Å². The maximum Gasteiger partial charge on any atom is 0.161 e. The minimum absolute atomic E-state index is 0.513. The second kappa shape index (κ2) is 9.29. The summed E-state index contributed by atoms with van der Waals surface area (Å²) in [6.07, 6.45) is 7.28. The lowest BCUT2D eigenvalue weighted by atomic mass is 10.2. The summed E-state index contributed by atoms with van der Waals surface area (Å²) < 4.78 is 13.6. The van der Waals surface area contributed by atoms with Gasteiger partial charge in [-0.2, -0.15) is 5.26 Å². The Kier molecular flexibility index (Phi) is 6.31. The molecular weight excluding hydrogens is 474 g/mol. The van der Waals surface area contributed by atoms with E-state index in [-0.39, 0.29) is 0 Å². The fraction of sp³-hybridized carbons (Fsp3) is 0.0833. The highest BCUT2D eigenvalue weighted by molar-refractivity contribution is 9.10. The second-order valence-electron chi connectivity index (χ2n) is 6.56. The first-order valence-electron chi connectivity index (χ1n) is 9.35. The van der Waals surface area contributed by atoms with E-state index in [1.54, 1.807) is 38.4 Å². The van der Waals surface area contributed by atoms with E-state index in [1.165, 1.54) is 0 Å². The number of hydrogen-bond donors (Lipinski definition) is 0. The Morgan fingerprint density at radius 3 is 2.71 bits per heavy atom. The van der Waals surface area contributed by atoms with Gasteiger partial charge in [-0.1, -0.05) is 27.7 Å². The molecule has 4 aromatic rings. The van der Waals surface area contributed by atoms with E-state index in [9.17, 15) is 5.26 Å². The molecule has 2 aromatic heterocycles. The van der Waals surface area contributed by atoms with Gasteiger partial charge in [0.05, 0.1) is 19.7 Å². The molecule has 0 aliphatic rings. The minimum atomic E-state index is 0.513. The molecule has 0 aliphatic carbocycles. The predicted octanol–water partition coefficient (Wildman–Crippen LogP) is 6.49. The lowest BCUT2D eigenvalue weighted by molar-refractivity contribution is 0.354. The van der Waals surface area contributed by atoms with Crippen LogP contribution in [0.5, 0.6) is 11.5 Å². The Labute approximate surface area is 193 Å². The van der Waals surface area contributed by atoms with Gasteiger partial charge in [0.1, 0.15) is 11.8 Å². The Morgan fingerprint density at radius 1 is 1.10 bits per heavy atom. The zero-order chi connectivity index (χ0) is 21.8. The molecule has 4 rings (SSSR count). The van der Waals surface area contributed by atoms with Gasteiger partial charge in [-0.25, -0.2) is 0 Å². The van der Waals surface area contributed by atoms with Gasteiger partial charge < -0.3 is 14.0 Å². The Balaban J connectivity index is 1.72. The summed E-state index contributed by atoms with van der Waals surface area (Å²) >= 11 is 5.07. The monoisotopic (exact) mass is 491 g/mol. The van der Waals surface area contributed by atoms with E-state index in [1.807, 2.05) is 65.4 Å². The molecule has 0 unspecified atom stereocenters. The molecule has 0 amide bonds. The SMILES string of the molecule is COc1ccc(Sc2ccncc2C=C(C#N)n2ccc3cc(Br)ccc32)cc1OC. The third kappa shape index (κ3) is 4.46. The zero-order valence-corrected chi connectivity index (χ0v) is 19.3. The number of allylic oxidation sites excluding steroid dienone is 1. The molecule has 0 saturated heterocycles. The first-order valence-corrected chi connectivity index (χ1v) is 11.0. The van der Waals surface area contributed by atoms with E-state index < -0.39 is 0 Å². The van der Waals surface area contributed by atoms with Crippen molar-refractivity contribution in [2.24, 2.45) is 0 Å². The highest BCUT2D eigenvalue weighted by Gasteiger charge is 2.11. The smallest absolute Gasteiger partial charge is 0.161 e. The fourth-order valence-electron chi connectivity index (χ4n) is 3.23. The molecule has 0 N–H and O–H groups in total. The molecule has 154 valence electrons. The van der Waals surface area contributed by atoms with Crippen LogP contribution in [0.15, 0.2) is 81.4 Å². The number of pyridine rings is 1. The third-order valence-corrected chi connectivity index (χ3v) is 6.29. The number of methoxy groups -OCH3 is 2. The van der Waals surface area contributed by atoms with E-state index in [0.717, 1.165) is 30.7 Å². The van der Waals surface area contributed by atoms with Crippen LogP contribution in [-0.2, 0) is 0 Å². The van der Waals surface area contributed by atoms with Gasteiger partial charge in [0, 0.05) is 43.8 Å². The van der Waals surface area contributed by atoms with Crippen LogP contribution >= 0.6 is 27.7 Å². The second-order valence-corrected chi connectivity index (χ2v) is 8.59. The van der Waals surface area contributed by atoms with Crippen LogP contribution in [0.1, 0.15) is 5.56 Å². The van der Waals surface area contributed by atoms with Gasteiger partial charge in [-0.15, -0.1) is 0 Å². The predicted molar refractivity (Wildman–Crippen MR) is 127 cm³/mol. The average molecular weight is 492 g/mol. The van der Waals surface area contributed by atoms with Gasteiger partial charge in [-0.3, -0.25) is 4.98 Å². The lowest BCUT2D eigenvalue weighted by Crippen LogP contribution is -1.94. The number of hydrogen-bond acceptors (Lipinski definition) is 5. The molecule has 0 spiro atoms. The molecule has 0 aliphatic heterocycles. The first-order chi connectivity index (χ1) is 15.1. The summed E-state index contributed by atoms with van der Waals surface area (Å²) in [5.74, 6) is 1.35. The highest BCUT2D eigenvalue weighted by Crippen LogP contribution is 2.37. The maximum atomic E-state index is 9.87. The normalized spacial score (nSPS) is 11.4. The molecular formula is C24H18BrN3O2S. The van der Waals surface area contributed by atoms with Crippen LogP contribution < -0.4 is 9.47 Å². The minimum Gasteiger partial charge on any atom is -0.493 e. The van der Waals surface area contributed by atoms with Crippen LogP contribution in [-0.4, -0.2) is 23.8 Å². The maximum absolute atomic E-state index is 9.87. The van der Waals surface area contributed by atoms with Crippen molar-refractivity contribution in [1.82, 2.24) is 9.55 Å². The van der Waals surface area contributed by atoms with E-state index in [4.69, 9.17) is 9.47 Å². The van der Waals surface area contributed by atoms with Crippen molar-refractivity contribution in [1.29, 1.82) is 5.26 Å². The van der Waals surface area contributed by atoms with Gasteiger partial charge in [0.15, 0.2) is 11.5 Å².